The third-order valence-corrected chi connectivity index (χ3v) is 3.57. The molecular formula is C18H17FN2O2. The lowest BCUT2D eigenvalue weighted by Gasteiger charge is -2.08. The number of amides is 2. The summed E-state index contributed by atoms with van der Waals surface area (Å²) >= 11 is 0. The SMILES string of the molecule is O=C(Cc1cccc(F)c1)Nc1cccc(C(=O)NC2CC2)c1. The lowest BCUT2D eigenvalue weighted by Crippen LogP contribution is -2.25. The largest absolute Gasteiger partial charge is 0.349 e. The van der Waals surface area contributed by atoms with E-state index in [1.807, 2.05) is 0 Å². The van der Waals surface area contributed by atoms with Crippen LogP contribution in [-0.4, -0.2) is 17.9 Å². The zero-order chi connectivity index (χ0) is 16.2. The lowest BCUT2D eigenvalue weighted by atomic mass is 10.1. The minimum Gasteiger partial charge on any atom is -0.349 e. The number of carbonyl (C=O) groups excluding carboxylic acids is 2. The van der Waals surface area contributed by atoms with Crippen molar-refractivity contribution in [3.05, 3.63) is 65.5 Å². The smallest absolute Gasteiger partial charge is 0.251 e. The van der Waals surface area contributed by atoms with E-state index in [1.54, 1.807) is 36.4 Å². The molecule has 0 unspecified atom stereocenters. The predicted octanol–water partition coefficient (Wildman–Crippen LogP) is 2.90. The highest BCUT2D eigenvalue weighted by molar-refractivity contribution is 5.97. The average Bonchev–Trinajstić information content (AvgIpc) is 3.31. The van der Waals surface area contributed by atoms with E-state index < -0.39 is 0 Å². The van der Waals surface area contributed by atoms with Crippen LogP contribution in [0, 0.1) is 5.82 Å². The zero-order valence-electron chi connectivity index (χ0n) is 12.5. The van der Waals surface area contributed by atoms with Gasteiger partial charge in [-0.1, -0.05) is 18.2 Å². The van der Waals surface area contributed by atoms with E-state index >= 15 is 0 Å². The third kappa shape index (κ3) is 4.39. The van der Waals surface area contributed by atoms with Crippen LogP contribution in [0.15, 0.2) is 48.5 Å². The molecule has 0 aromatic heterocycles. The zero-order valence-corrected chi connectivity index (χ0v) is 12.5. The fourth-order valence-electron chi connectivity index (χ4n) is 2.27. The van der Waals surface area contributed by atoms with Crippen LogP contribution in [0.3, 0.4) is 0 Å². The number of nitrogens with one attached hydrogen (secondary N) is 2. The van der Waals surface area contributed by atoms with E-state index in [-0.39, 0.29) is 30.1 Å². The van der Waals surface area contributed by atoms with E-state index in [4.69, 9.17) is 0 Å². The predicted molar refractivity (Wildman–Crippen MR) is 85.7 cm³/mol. The van der Waals surface area contributed by atoms with Crippen molar-refractivity contribution in [1.82, 2.24) is 5.32 Å². The van der Waals surface area contributed by atoms with Gasteiger partial charge in [0.15, 0.2) is 0 Å². The molecule has 118 valence electrons. The van der Waals surface area contributed by atoms with Gasteiger partial charge in [0.2, 0.25) is 5.91 Å². The molecule has 2 aromatic rings. The molecule has 1 aliphatic rings. The summed E-state index contributed by atoms with van der Waals surface area (Å²) in [5.74, 6) is -0.752. The summed E-state index contributed by atoms with van der Waals surface area (Å²) in [4.78, 5) is 24.0. The molecule has 0 radical (unpaired) electrons. The van der Waals surface area contributed by atoms with Crippen LogP contribution < -0.4 is 10.6 Å². The minimum absolute atomic E-state index is 0.0796. The van der Waals surface area contributed by atoms with Gasteiger partial charge in [-0.3, -0.25) is 9.59 Å². The van der Waals surface area contributed by atoms with Crippen LogP contribution in [0.1, 0.15) is 28.8 Å². The van der Waals surface area contributed by atoms with Crippen molar-refractivity contribution < 1.29 is 14.0 Å². The molecule has 0 spiro atoms. The molecule has 0 atom stereocenters. The van der Waals surface area contributed by atoms with Gasteiger partial charge in [-0.2, -0.15) is 0 Å². The van der Waals surface area contributed by atoms with Crippen molar-refractivity contribution in [2.75, 3.05) is 5.32 Å². The van der Waals surface area contributed by atoms with Crippen LogP contribution >= 0.6 is 0 Å². The first-order valence-corrected chi connectivity index (χ1v) is 7.55. The summed E-state index contributed by atoms with van der Waals surface area (Å²) in [6, 6.07) is 13.0. The number of rotatable bonds is 5. The summed E-state index contributed by atoms with van der Waals surface area (Å²) in [6.45, 7) is 0. The molecule has 23 heavy (non-hydrogen) atoms. The third-order valence-electron chi connectivity index (χ3n) is 3.57. The Morgan fingerprint density at radius 3 is 2.61 bits per heavy atom. The first-order valence-electron chi connectivity index (χ1n) is 7.55. The van der Waals surface area contributed by atoms with E-state index in [9.17, 15) is 14.0 Å². The van der Waals surface area contributed by atoms with E-state index in [0.29, 0.717) is 16.8 Å². The fraction of sp³-hybridized carbons (Fsp3) is 0.222. The molecule has 1 saturated carbocycles. The van der Waals surface area contributed by atoms with Gasteiger partial charge in [0.25, 0.3) is 5.91 Å². The molecule has 1 aliphatic carbocycles. The Morgan fingerprint density at radius 2 is 1.87 bits per heavy atom. The number of hydrogen-bond donors (Lipinski definition) is 2. The van der Waals surface area contributed by atoms with Gasteiger partial charge < -0.3 is 10.6 Å². The van der Waals surface area contributed by atoms with Crippen LogP contribution in [0.5, 0.6) is 0 Å². The summed E-state index contributed by atoms with van der Waals surface area (Å²) in [5, 5.41) is 5.64. The summed E-state index contributed by atoms with van der Waals surface area (Å²) < 4.78 is 13.1. The van der Waals surface area contributed by atoms with Crippen molar-refractivity contribution in [3.8, 4) is 0 Å². The van der Waals surface area contributed by atoms with E-state index in [0.717, 1.165) is 12.8 Å². The number of hydrogen-bond acceptors (Lipinski definition) is 2. The van der Waals surface area contributed by atoms with Crippen molar-refractivity contribution in [3.63, 3.8) is 0 Å². The number of benzene rings is 2. The highest BCUT2D eigenvalue weighted by Crippen LogP contribution is 2.20. The molecule has 2 aromatic carbocycles. The molecule has 0 saturated heterocycles. The molecule has 0 heterocycles. The maximum Gasteiger partial charge on any atom is 0.251 e. The normalized spacial score (nSPS) is 13.4. The maximum atomic E-state index is 13.1. The quantitative estimate of drug-likeness (QED) is 0.892. The Bertz CT molecular complexity index is 741. The van der Waals surface area contributed by atoms with Gasteiger partial charge in [0.1, 0.15) is 5.82 Å². The van der Waals surface area contributed by atoms with Gasteiger partial charge in [-0.15, -0.1) is 0 Å². The Hall–Kier alpha value is -2.69. The summed E-state index contributed by atoms with van der Waals surface area (Å²) in [7, 11) is 0. The molecule has 2 amide bonds. The maximum absolute atomic E-state index is 13.1. The van der Waals surface area contributed by atoms with Gasteiger partial charge in [0.05, 0.1) is 6.42 Å². The van der Waals surface area contributed by atoms with Crippen molar-refractivity contribution in [2.24, 2.45) is 0 Å². The summed E-state index contributed by atoms with van der Waals surface area (Å²) in [6.07, 6.45) is 2.13. The monoisotopic (exact) mass is 312 g/mol. The van der Waals surface area contributed by atoms with E-state index in [1.165, 1.54) is 12.1 Å². The number of carbonyl (C=O) groups is 2. The standard InChI is InChI=1S/C18H17FN2O2/c19-14-5-1-3-12(9-14)10-17(22)20-16-6-2-4-13(11-16)18(23)21-15-7-8-15/h1-6,9,11,15H,7-8,10H2,(H,20,22)(H,21,23). The van der Waals surface area contributed by atoms with Gasteiger partial charge in [-0.05, 0) is 48.7 Å². The number of anilines is 1. The van der Waals surface area contributed by atoms with Crippen molar-refractivity contribution >= 4 is 17.5 Å². The molecular weight excluding hydrogens is 295 g/mol. The van der Waals surface area contributed by atoms with Crippen LogP contribution in [-0.2, 0) is 11.2 Å². The average molecular weight is 312 g/mol. The fourth-order valence-corrected chi connectivity index (χ4v) is 2.27. The second kappa shape index (κ2) is 6.60. The van der Waals surface area contributed by atoms with Crippen molar-refractivity contribution in [2.45, 2.75) is 25.3 Å². The molecule has 4 nitrogen and oxygen atoms in total. The first-order chi connectivity index (χ1) is 11.1. The highest BCUT2D eigenvalue weighted by Gasteiger charge is 2.23. The van der Waals surface area contributed by atoms with Gasteiger partial charge >= 0.3 is 0 Å². The van der Waals surface area contributed by atoms with Gasteiger partial charge in [0, 0.05) is 17.3 Å². The highest BCUT2D eigenvalue weighted by atomic mass is 19.1. The lowest BCUT2D eigenvalue weighted by molar-refractivity contribution is -0.115. The molecule has 5 heteroatoms. The number of halogens is 1. The molecule has 0 aliphatic heterocycles. The van der Waals surface area contributed by atoms with Crippen LogP contribution in [0.25, 0.3) is 0 Å². The Labute approximate surface area is 133 Å². The molecule has 3 rings (SSSR count). The second-order valence-electron chi connectivity index (χ2n) is 5.68. The second-order valence-corrected chi connectivity index (χ2v) is 5.68. The summed E-state index contributed by atoms with van der Waals surface area (Å²) in [5.41, 5.74) is 1.67. The van der Waals surface area contributed by atoms with E-state index in [2.05, 4.69) is 10.6 Å². The first kappa shape index (κ1) is 15.2. The Kier molecular flexibility index (Phi) is 4.37. The van der Waals surface area contributed by atoms with Crippen LogP contribution in [0.4, 0.5) is 10.1 Å². The molecule has 0 bridgehead atoms. The topological polar surface area (TPSA) is 58.2 Å². The minimum atomic E-state index is -0.367. The van der Waals surface area contributed by atoms with Crippen molar-refractivity contribution in [1.29, 1.82) is 0 Å². The molecule has 1 fully saturated rings. The van der Waals surface area contributed by atoms with Crippen LogP contribution in [0.2, 0.25) is 0 Å². The Morgan fingerprint density at radius 1 is 1.09 bits per heavy atom. The Balaban J connectivity index is 1.62. The molecule has 2 N–H and O–H groups in total. The van der Waals surface area contributed by atoms with Gasteiger partial charge in [-0.25, -0.2) is 4.39 Å².